The third-order valence-electron chi connectivity index (χ3n) is 4.58. The molecule has 6 heteroatoms. The van der Waals surface area contributed by atoms with E-state index in [4.69, 9.17) is 9.72 Å². The normalized spacial score (nSPS) is 16.2. The molecule has 1 fully saturated rings. The summed E-state index contributed by atoms with van der Waals surface area (Å²) in [6.07, 6.45) is 0. The van der Waals surface area contributed by atoms with Gasteiger partial charge in [0.05, 0.1) is 18.4 Å². The van der Waals surface area contributed by atoms with Gasteiger partial charge in [-0.2, -0.15) is 0 Å². The van der Waals surface area contributed by atoms with Crippen molar-refractivity contribution in [1.29, 1.82) is 0 Å². The lowest BCUT2D eigenvalue weighted by molar-refractivity contribution is 0.0601. The smallest absolute Gasteiger partial charge is 0.337 e. The van der Waals surface area contributed by atoms with Crippen LogP contribution in [0.1, 0.15) is 29.9 Å². The topological polar surface area (TPSA) is 45.7 Å². The van der Waals surface area contributed by atoms with Crippen molar-refractivity contribution in [3.63, 3.8) is 0 Å². The van der Waals surface area contributed by atoms with Gasteiger partial charge in [-0.3, -0.25) is 4.90 Å². The van der Waals surface area contributed by atoms with Crippen molar-refractivity contribution in [1.82, 2.24) is 14.8 Å². The number of thiazole rings is 1. The van der Waals surface area contributed by atoms with Gasteiger partial charge in [-0.25, -0.2) is 9.78 Å². The van der Waals surface area contributed by atoms with E-state index in [1.54, 1.807) is 23.5 Å². The standard InChI is InChI=1S/C20H27N3O2S/c1-15(2)12-22-8-10-23(11-9-22)13-18-14-26-19(21-18)16-4-6-17(7-5-16)20(24)25-3/h4-7,14-15H,8-13H2,1-3H3. The van der Waals surface area contributed by atoms with Crippen LogP contribution in [0.15, 0.2) is 29.6 Å². The second-order valence-corrected chi connectivity index (χ2v) is 8.04. The molecule has 0 spiro atoms. The van der Waals surface area contributed by atoms with Crippen LogP contribution >= 0.6 is 11.3 Å². The molecule has 3 rings (SSSR count). The molecule has 1 aromatic carbocycles. The van der Waals surface area contributed by atoms with Crippen molar-refractivity contribution in [3.8, 4) is 10.6 Å². The summed E-state index contributed by atoms with van der Waals surface area (Å²) in [5.41, 5.74) is 2.72. The molecule has 0 N–H and O–H groups in total. The first-order valence-corrected chi connectivity index (χ1v) is 10.0. The minimum atomic E-state index is -0.312. The Morgan fingerprint density at radius 1 is 1.15 bits per heavy atom. The Balaban J connectivity index is 1.56. The van der Waals surface area contributed by atoms with Crippen LogP contribution in [-0.2, 0) is 11.3 Å². The number of hydrogen-bond acceptors (Lipinski definition) is 6. The van der Waals surface area contributed by atoms with Gasteiger partial charge in [-0.1, -0.05) is 26.0 Å². The second kappa shape index (κ2) is 8.75. The van der Waals surface area contributed by atoms with Crippen molar-refractivity contribution in [3.05, 3.63) is 40.9 Å². The van der Waals surface area contributed by atoms with Crippen LogP contribution in [0, 0.1) is 5.92 Å². The van der Waals surface area contributed by atoms with Crippen LogP contribution in [0.5, 0.6) is 0 Å². The van der Waals surface area contributed by atoms with E-state index in [2.05, 4.69) is 29.0 Å². The summed E-state index contributed by atoms with van der Waals surface area (Å²) < 4.78 is 4.74. The van der Waals surface area contributed by atoms with Crippen molar-refractivity contribution < 1.29 is 9.53 Å². The molecule has 5 nitrogen and oxygen atoms in total. The third-order valence-corrected chi connectivity index (χ3v) is 5.52. The van der Waals surface area contributed by atoms with E-state index in [0.717, 1.165) is 54.9 Å². The maximum atomic E-state index is 11.5. The van der Waals surface area contributed by atoms with Crippen molar-refractivity contribution in [2.24, 2.45) is 5.92 Å². The average Bonchev–Trinajstić information content (AvgIpc) is 3.11. The van der Waals surface area contributed by atoms with E-state index in [1.165, 1.54) is 13.7 Å². The van der Waals surface area contributed by atoms with Gasteiger partial charge in [0, 0.05) is 50.2 Å². The molecule has 2 heterocycles. The maximum absolute atomic E-state index is 11.5. The van der Waals surface area contributed by atoms with Gasteiger partial charge in [-0.05, 0) is 18.1 Å². The summed E-state index contributed by atoms with van der Waals surface area (Å²) in [6, 6.07) is 7.44. The Morgan fingerprint density at radius 3 is 2.42 bits per heavy atom. The van der Waals surface area contributed by atoms with Gasteiger partial charge in [0.25, 0.3) is 0 Å². The number of benzene rings is 1. The van der Waals surface area contributed by atoms with E-state index in [9.17, 15) is 4.79 Å². The van der Waals surface area contributed by atoms with Gasteiger partial charge >= 0.3 is 5.97 Å². The van der Waals surface area contributed by atoms with Gasteiger partial charge in [0.1, 0.15) is 5.01 Å². The monoisotopic (exact) mass is 373 g/mol. The zero-order chi connectivity index (χ0) is 18.5. The number of aromatic nitrogens is 1. The molecule has 1 saturated heterocycles. The summed E-state index contributed by atoms with van der Waals surface area (Å²) in [4.78, 5) is 21.3. The van der Waals surface area contributed by atoms with Crippen LogP contribution in [-0.4, -0.2) is 60.6 Å². The molecule has 1 aromatic heterocycles. The highest BCUT2D eigenvalue weighted by Crippen LogP contribution is 2.25. The first kappa shape index (κ1) is 19.0. The number of nitrogens with zero attached hydrogens (tertiary/aromatic N) is 3. The number of methoxy groups -OCH3 is 1. The van der Waals surface area contributed by atoms with E-state index >= 15 is 0 Å². The molecule has 0 unspecified atom stereocenters. The third kappa shape index (κ3) is 4.90. The predicted octanol–water partition coefficient (Wildman–Crippen LogP) is 3.37. The van der Waals surface area contributed by atoms with E-state index in [1.807, 2.05) is 12.1 Å². The SMILES string of the molecule is COC(=O)c1ccc(-c2nc(CN3CCN(CC(C)C)CC3)cs2)cc1. The first-order valence-electron chi connectivity index (χ1n) is 9.13. The molecule has 0 radical (unpaired) electrons. The second-order valence-electron chi connectivity index (χ2n) is 7.18. The number of carbonyl (C=O) groups is 1. The molecule has 0 saturated carbocycles. The highest BCUT2D eigenvalue weighted by atomic mass is 32.1. The minimum Gasteiger partial charge on any atom is -0.465 e. The van der Waals surface area contributed by atoms with E-state index in [0.29, 0.717) is 5.56 Å². The lowest BCUT2D eigenvalue weighted by Crippen LogP contribution is -2.46. The summed E-state index contributed by atoms with van der Waals surface area (Å²) in [5, 5.41) is 3.14. The number of rotatable bonds is 6. The zero-order valence-electron chi connectivity index (χ0n) is 15.8. The Bertz CT molecular complexity index is 719. The summed E-state index contributed by atoms with van der Waals surface area (Å²) in [5.74, 6) is 0.418. The Hall–Kier alpha value is -1.76. The number of ether oxygens (including phenoxy) is 1. The fourth-order valence-electron chi connectivity index (χ4n) is 3.25. The Labute approximate surface area is 159 Å². The summed E-state index contributed by atoms with van der Waals surface area (Å²) >= 11 is 1.66. The Morgan fingerprint density at radius 2 is 1.81 bits per heavy atom. The van der Waals surface area contributed by atoms with Crippen molar-refractivity contribution in [2.45, 2.75) is 20.4 Å². The summed E-state index contributed by atoms with van der Waals surface area (Å²) in [6.45, 7) is 11.2. The quantitative estimate of drug-likeness (QED) is 0.727. The Kier molecular flexibility index (Phi) is 6.40. The molecular weight excluding hydrogens is 346 g/mol. The molecule has 26 heavy (non-hydrogen) atoms. The molecule has 140 valence electrons. The van der Waals surface area contributed by atoms with Crippen LogP contribution in [0.2, 0.25) is 0 Å². The van der Waals surface area contributed by atoms with Gasteiger partial charge in [-0.15, -0.1) is 11.3 Å². The van der Waals surface area contributed by atoms with Crippen LogP contribution in [0.3, 0.4) is 0 Å². The first-order chi connectivity index (χ1) is 12.5. The molecule has 1 aliphatic heterocycles. The molecule has 0 aliphatic carbocycles. The average molecular weight is 374 g/mol. The lowest BCUT2D eigenvalue weighted by atomic mass is 10.1. The number of hydrogen-bond donors (Lipinski definition) is 0. The fraction of sp³-hybridized carbons (Fsp3) is 0.500. The van der Waals surface area contributed by atoms with Crippen molar-refractivity contribution >= 4 is 17.3 Å². The minimum absolute atomic E-state index is 0.312. The van der Waals surface area contributed by atoms with E-state index in [-0.39, 0.29) is 5.97 Å². The molecular formula is C20H27N3O2S. The molecule has 0 amide bonds. The highest BCUT2D eigenvalue weighted by molar-refractivity contribution is 7.13. The fourth-order valence-corrected chi connectivity index (χ4v) is 4.07. The number of piperazine rings is 1. The van der Waals surface area contributed by atoms with Gasteiger partial charge in [0.2, 0.25) is 0 Å². The zero-order valence-corrected chi connectivity index (χ0v) is 16.6. The summed E-state index contributed by atoms with van der Waals surface area (Å²) in [7, 11) is 1.39. The number of esters is 1. The van der Waals surface area contributed by atoms with Crippen LogP contribution in [0.25, 0.3) is 10.6 Å². The van der Waals surface area contributed by atoms with Gasteiger partial charge < -0.3 is 9.64 Å². The molecule has 0 atom stereocenters. The molecule has 0 bridgehead atoms. The lowest BCUT2D eigenvalue weighted by Gasteiger charge is -2.35. The van der Waals surface area contributed by atoms with Crippen LogP contribution in [0.4, 0.5) is 0 Å². The highest BCUT2D eigenvalue weighted by Gasteiger charge is 2.18. The van der Waals surface area contributed by atoms with E-state index < -0.39 is 0 Å². The van der Waals surface area contributed by atoms with Crippen LogP contribution < -0.4 is 0 Å². The molecule has 2 aromatic rings. The van der Waals surface area contributed by atoms with Crippen molar-refractivity contribution in [2.75, 3.05) is 39.8 Å². The predicted molar refractivity (Wildman–Crippen MR) is 105 cm³/mol. The maximum Gasteiger partial charge on any atom is 0.337 e. The number of carbonyl (C=O) groups excluding carboxylic acids is 1. The van der Waals surface area contributed by atoms with Gasteiger partial charge in [0.15, 0.2) is 0 Å². The molecule has 1 aliphatic rings. The largest absolute Gasteiger partial charge is 0.465 e.